The van der Waals surface area contributed by atoms with E-state index in [1.54, 1.807) is 5.57 Å². The fourth-order valence-corrected chi connectivity index (χ4v) is 7.84. The third kappa shape index (κ3) is 5.00. The zero-order valence-corrected chi connectivity index (χ0v) is 23.5. The van der Waals surface area contributed by atoms with E-state index in [1.165, 1.54) is 22.3 Å². The predicted molar refractivity (Wildman–Crippen MR) is 151 cm³/mol. The lowest BCUT2D eigenvalue weighted by atomic mass is 9.53. The van der Waals surface area contributed by atoms with Gasteiger partial charge in [0.05, 0.1) is 6.10 Å². The Balaban J connectivity index is 0.000000421. The SMILES string of the molecule is C#CC(C)(C)C.CN1CC(c2ccc(C3CC4(C)C(O)CCC4C4CCC5=CC(=O)CCC5=C34)cc2)C1. The quantitative estimate of drug-likeness (QED) is 0.464. The average Bonchev–Trinajstić information content (AvgIpc) is 3.15. The molecule has 0 spiro atoms. The molecule has 3 fully saturated rings. The summed E-state index contributed by atoms with van der Waals surface area (Å²) in [5.74, 6) is 5.12. The van der Waals surface area contributed by atoms with Crippen molar-refractivity contribution in [1.29, 1.82) is 0 Å². The Morgan fingerprint density at radius 3 is 2.30 bits per heavy atom. The van der Waals surface area contributed by atoms with Crippen LogP contribution in [0.15, 0.2) is 47.1 Å². The number of carbonyl (C=O) groups excluding carboxylic acids is 1. The predicted octanol–water partition coefficient (Wildman–Crippen LogP) is 6.64. The van der Waals surface area contributed by atoms with E-state index in [0.29, 0.717) is 35.9 Å². The zero-order valence-electron chi connectivity index (χ0n) is 23.5. The first kappa shape index (κ1) is 26.5. The first-order chi connectivity index (χ1) is 17.5. The second-order valence-corrected chi connectivity index (χ2v) is 13.7. The highest BCUT2D eigenvalue weighted by atomic mass is 16.3. The number of ketones is 1. The molecule has 2 saturated carbocycles. The topological polar surface area (TPSA) is 40.5 Å². The average molecular weight is 500 g/mol. The minimum Gasteiger partial charge on any atom is -0.393 e. The number of aliphatic hydroxyl groups excluding tert-OH is 1. The van der Waals surface area contributed by atoms with Crippen molar-refractivity contribution >= 4 is 5.78 Å². The first-order valence-corrected chi connectivity index (χ1v) is 14.4. The molecule has 198 valence electrons. The van der Waals surface area contributed by atoms with Crippen LogP contribution in [0, 0.1) is 35.0 Å². The number of benzene rings is 1. The third-order valence-electron chi connectivity index (χ3n) is 9.99. The summed E-state index contributed by atoms with van der Waals surface area (Å²) >= 11 is 0. The molecule has 0 bridgehead atoms. The molecule has 37 heavy (non-hydrogen) atoms. The number of likely N-dealkylation sites (tertiary alicyclic amines) is 1. The molecule has 5 unspecified atom stereocenters. The number of hydrogen-bond acceptors (Lipinski definition) is 3. The van der Waals surface area contributed by atoms with E-state index in [-0.39, 0.29) is 16.9 Å². The summed E-state index contributed by atoms with van der Waals surface area (Å²) in [7, 11) is 2.19. The van der Waals surface area contributed by atoms with Crippen molar-refractivity contribution in [2.45, 2.75) is 90.6 Å². The highest BCUT2D eigenvalue weighted by Gasteiger charge is 2.56. The molecular weight excluding hydrogens is 454 g/mol. The summed E-state index contributed by atoms with van der Waals surface area (Å²) in [6, 6.07) is 9.47. The van der Waals surface area contributed by atoms with E-state index < -0.39 is 0 Å². The van der Waals surface area contributed by atoms with Gasteiger partial charge in [-0.2, -0.15) is 0 Å². The van der Waals surface area contributed by atoms with E-state index in [4.69, 9.17) is 6.42 Å². The van der Waals surface area contributed by atoms with Gasteiger partial charge in [-0.1, -0.05) is 36.8 Å². The van der Waals surface area contributed by atoms with Crippen molar-refractivity contribution in [3.8, 4) is 12.3 Å². The van der Waals surface area contributed by atoms with Crippen LogP contribution in [0.25, 0.3) is 0 Å². The lowest BCUT2D eigenvalue weighted by Crippen LogP contribution is -2.45. The summed E-state index contributed by atoms with van der Waals surface area (Å²) < 4.78 is 0. The maximum Gasteiger partial charge on any atom is 0.156 e. The number of terminal acetylenes is 1. The highest BCUT2D eigenvalue weighted by Crippen LogP contribution is 2.63. The van der Waals surface area contributed by atoms with Gasteiger partial charge in [-0.25, -0.2) is 0 Å². The van der Waals surface area contributed by atoms with Gasteiger partial charge < -0.3 is 10.0 Å². The Morgan fingerprint density at radius 1 is 1.03 bits per heavy atom. The normalized spacial score (nSPS) is 33.8. The van der Waals surface area contributed by atoms with E-state index in [9.17, 15) is 9.90 Å². The van der Waals surface area contributed by atoms with Crippen LogP contribution in [0.5, 0.6) is 0 Å². The van der Waals surface area contributed by atoms with Crippen molar-refractivity contribution < 1.29 is 9.90 Å². The van der Waals surface area contributed by atoms with Crippen molar-refractivity contribution in [1.82, 2.24) is 4.90 Å². The lowest BCUT2D eigenvalue weighted by molar-refractivity contribution is -0.114. The Morgan fingerprint density at radius 2 is 1.68 bits per heavy atom. The first-order valence-electron chi connectivity index (χ1n) is 14.4. The number of fused-ring (bicyclic) bond motifs is 4. The molecule has 1 aliphatic heterocycles. The number of rotatable bonds is 2. The number of carbonyl (C=O) groups is 1. The van der Waals surface area contributed by atoms with Gasteiger partial charge in [-0.3, -0.25) is 4.79 Å². The minimum atomic E-state index is -0.179. The van der Waals surface area contributed by atoms with Crippen LogP contribution >= 0.6 is 0 Å². The van der Waals surface area contributed by atoms with Gasteiger partial charge in [0, 0.05) is 36.8 Å². The van der Waals surface area contributed by atoms with Crippen molar-refractivity contribution in [2.24, 2.45) is 22.7 Å². The number of aliphatic hydroxyl groups is 1. The van der Waals surface area contributed by atoms with Crippen molar-refractivity contribution in [2.75, 3.05) is 20.1 Å². The molecule has 1 saturated heterocycles. The smallest absolute Gasteiger partial charge is 0.156 e. The van der Waals surface area contributed by atoms with Crippen LogP contribution in [0.4, 0.5) is 0 Å². The van der Waals surface area contributed by atoms with Gasteiger partial charge in [0.15, 0.2) is 5.78 Å². The maximum absolute atomic E-state index is 12.1. The second-order valence-electron chi connectivity index (χ2n) is 13.7. The summed E-state index contributed by atoms with van der Waals surface area (Å²) in [6.07, 6.45) is 13.7. The van der Waals surface area contributed by atoms with E-state index in [0.717, 1.165) is 51.6 Å². The van der Waals surface area contributed by atoms with Crippen molar-refractivity contribution in [3.05, 3.63) is 58.2 Å². The van der Waals surface area contributed by atoms with E-state index in [2.05, 4.69) is 49.1 Å². The van der Waals surface area contributed by atoms with E-state index >= 15 is 0 Å². The zero-order chi connectivity index (χ0) is 26.5. The number of allylic oxidation sites excluding steroid dienone is 4. The van der Waals surface area contributed by atoms with Crippen LogP contribution in [0.3, 0.4) is 0 Å². The third-order valence-corrected chi connectivity index (χ3v) is 9.99. The molecule has 0 radical (unpaired) electrons. The molecule has 0 amide bonds. The number of nitrogens with zero attached hydrogens (tertiary/aromatic N) is 1. The molecule has 3 nitrogen and oxygen atoms in total. The monoisotopic (exact) mass is 499 g/mol. The largest absolute Gasteiger partial charge is 0.393 e. The van der Waals surface area contributed by atoms with Gasteiger partial charge in [-0.15, -0.1) is 12.3 Å². The minimum absolute atomic E-state index is 0.0143. The summed E-state index contributed by atoms with van der Waals surface area (Å²) in [4.78, 5) is 14.5. The molecule has 1 N–H and O–H groups in total. The molecule has 3 heteroatoms. The molecule has 6 rings (SSSR count). The van der Waals surface area contributed by atoms with Crippen molar-refractivity contribution in [3.63, 3.8) is 0 Å². The Bertz CT molecular complexity index is 1140. The highest BCUT2D eigenvalue weighted by molar-refractivity contribution is 5.93. The molecule has 5 aliphatic rings. The van der Waals surface area contributed by atoms with Gasteiger partial charge in [0.25, 0.3) is 0 Å². The van der Waals surface area contributed by atoms with Crippen LogP contribution in [0.1, 0.15) is 95.6 Å². The lowest BCUT2D eigenvalue weighted by Gasteiger charge is -2.52. The van der Waals surface area contributed by atoms with E-state index in [1.807, 2.05) is 26.8 Å². The summed E-state index contributed by atoms with van der Waals surface area (Å²) in [5, 5.41) is 11.0. The maximum atomic E-state index is 12.1. The molecule has 5 atom stereocenters. The molecule has 1 aromatic rings. The molecule has 1 aromatic carbocycles. The number of likely N-dealkylation sites (N-methyl/N-ethyl adjacent to an activating group) is 1. The van der Waals surface area contributed by atoms with Crippen LogP contribution < -0.4 is 0 Å². The summed E-state index contributed by atoms with van der Waals surface area (Å²) in [6.45, 7) is 10.7. The number of hydrogen-bond donors (Lipinski definition) is 1. The Labute approximate surface area is 224 Å². The fourth-order valence-electron chi connectivity index (χ4n) is 7.84. The van der Waals surface area contributed by atoms with Crippen LogP contribution in [-0.4, -0.2) is 42.0 Å². The molecule has 1 heterocycles. The Kier molecular flexibility index (Phi) is 7.05. The molecular formula is C34H45NO2. The van der Waals surface area contributed by atoms with Gasteiger partial charge >= 0.3 is 0 Å². The summed E-state index contributed by atoms with van der Waals surface area (Å²) in [5.41, 5.74) is 7.43. The van der Waals surface area contributed by atoms with Gasteiger partial charge in [0.1, 0.15) is 0 Å². The Hall–Kier alpha value is -2.15. The molecule has 0 aromatic heterocycles. The van der Waals surface area contributed by atoms with Gasteiger partial charge in [0.2, 0.25) is 0 Å². The second kappa shape index (κ2) is 9.87. The van der Waals surface area contributed by atoms with Crippen LogP contribution in [0.2, 0.25) is 0 Å². The standard InChI is InChI=1S/C28H35NO2.C6H10/c1-28-14-24(18-5-3-17(4-6-18)20-15-29(2)16-20)27-22-10-8-21(30)13-19(22)7-9-23(27)25(28)11-12-26(28)31;1-5-6(2,3)4/h3-6,13,20,23-26,31H,7-12,14-16H2,1-2H3;1H,2-4H3. The molecule has 4 aliphatic carbocycles. The van der Waals surface area contributed by atoms with Crippen LogP contribution in [-0.2, 0) is 4.79 Å². The fraction of sp³-hybridized carbons (Fsp3) is 0.618. The van der Waals surface area contributed by atoms with Gasteiger partial charge in [-0.05, 0) is 112 Å².